The Kier molecular flexibility index (Phi) is 6.95. The molecule has 0 bridgehead atoms. The van der Waals surface area contributed by atoms with E-state index in [2.05, 4.69) is 35.0 Å². The Bertz CT molecular complexity index is 1100. The van der Waals surface area contributed by atoms with Crippen LogP contribution >= 0.6 is 0 Å². The largest absolute Gasteiger partial charge is 0.290 e. The Balaban J connectivity index is 1.66. The molecule has 0 spiro atoms. The van der Waals surface area contributed by atoms with Crippen LogP contribution in [0.4, 0.5) is 0 Å². The molecule has 156 valence electrons. The van der Waals surface area contributed by atoms with Gasteiger partial charge in [0.1, 0.15) is 0 Å². The van der Waals surface area contributed by atoms with Gasteiger partial charge in [-0.2, -0.15) is 5.10 Å². The summed E-state index contributed by atoms with van der Waals surface area (Å²) in [5.41, 5.74) is 7.04. The van der Waals surface area contributed by atoms with Crippen molar-refractivity contribution in [3.8, 4) is 0 Å². The average molecular weight is 406 g/mol. The van der Waals surface area contributed by atoms with Crippen LogP contribution in [-0.2, 0) is 24.2 Å². The van der Waals surface area contributed by atoms with E-state index in [9.17, 15) is 14.4 Å². The molecule has 1 aromatic heterocycles. The first-order valence-electron chi connectivity index (χ1n) is 10.2. The summed E-state index contributed by atoms with van der Waals surface area (Å²) in [7, 11) is 0. The Morgan fingerprint density at radius 1 is 0.933 bits per heavy atom. The third kappa shape index (κ3) is 4.92. The van der Waals surface area contributed by atoms with Crippen LogP contribution in [0.2, 0.25) is 0 Å². The monoisotopic (exact) mass is 406 g/mol. The van der Waals surface area contributed by atoms with Crippen LogP contribution in [0, 0.1) is 0 Å². The molecule has 0 aliphatic rings. The second-order valence-electron chi connectivity index (χ2n) is 7.09. The molecule has 3 aromatic rings. The number of nitrogens with zero attached hydrogens (tertiary/aromatic N) is 2. The molecule has 0 unspecified atom stereocenters. The molecular weight excluding hydrogens is 380 g/mol. The lowest BCUT2D eigenvalue weighted by Crippen LogP contribution is -2.42. The summed E-state index contributed by atoms with van der Waals surface area (Å²) in [5, 5.41) is 5.10. The normalized spacial score (nSPS) is 10.7. The van der Waals surface area contributed by atoms with Crippen molar-refractivity contribution >= 4 is 22.6 Å². The number of carbonyl (C=O) groups excluding carboxylic acids is 2. The fourth-order valence-corrected chi connectivity index (χ4v) is 3.21. The Labute approximate surface area is 175 Å². The highest BCUT2D eigenvalue weighted by Gasteiger charge is 2.17. The molecule has 0 saturated heterocycles. The van der Waals surface area contributed by atoms with Gasteiger partial charge in [0, 0.05) is 18.4 Å². The number of aryl methyl sites for hydroxylation is 3. The fourth-order valence-electron chi connectivity index (χ4n) is 3.21. The Morgan fingerprint density at radius 3 is 2.27 bits per heavy atom. The molecule has 2 N–H and O–H groups in total. The van der Waals surface area contributed by atoms with Crippen LogP contribution < -0.4 is 16.4 Å². The second kappa shape index (κ2) is 9.82. The summed E-state index contributed by atoms with van der Waals surface area (Å²) < 4.78 is 1.29. The number of hydrazine groups is 1. The molecule has 3 rings (SSSR count). The van der Waals surface area contributed by atoms with E-state index in [1.165, 1.54) is 10.2 Å². The number of aromatic nitrogens is 2. The summed E-state index contributed by atoms with van der Waals surface area (Å²) in [5.74, 6) is -0.856. The minimum absolute atomic E-state index is 0.106. The van der Waals surface area contributed by atoms with E-state index in [-0.39, 0.29) is 23.6 Å². The standard InChI is InChI=1S/C23H26N4O3/c1-3-15-27-23(30)19-8-6-5-7-18(19)21(26-27)22(29)25-24-20(28)14-13-17-11-9-16(4-2)10-12-17/h5-12H,3-4,13-15H2,1-2H3,(H,24,28)(H,25,29). The summed E-state index contributed by atoms with van der Waals surface area (Å²) in [6, 6.07) is 15.0. The molecule has 1 heterocycles. The van der Waals surface area contributed by atoms with Gasteiger partial charge in [0.2, 0.25) is 5.91 Å². The maximum absolute atomic E-state index is 12.7. The molecule has 0 atom stereocenters. The first kappa shape index (κ1) is 21.2. The minimum Gasteiger partial charge on any atom is -0.273 e. The summed E-state index contributed by atoms with van der Waals surface area (Å²) in [6.45, 7) is 4.43. The summed E-state index contributed by atoms with van der Waals surface area (Å²) in [4.78, 5) is 37.4. The topological polar surface area (TPSA) is 93.1 Å². The predicted molar refractivity (Wildman–Crippen MR) is 116 cm³/mol. The summed E-state index contributed by atoms with van der Waals surface area (Å²) >= 11 is 0. The van der Waals surface area contributed by atoms with Crippen molar-refractivity contribution in [1.29, 1.82) is 0 Å². The van der Waals surface area contributed by atoms with Gasteiger partial charge in [-0.3, -0.25) is 25.2 Å². The SMILES string of the molecule is CCCn1nc(C(=O)NNC(=O)CCc2ccc(CC)cc2)c2ccccc2c1=O. The van der Waals surface area contributed by atoms with Gasteiger partial charge < -0.3 is 0 Å². The number of carbonyl (C=O) groups is 2. The second-order valence-corrected chi connectivity index (χ2v) is 7.09. The van der Waals surface area contributed by atoms with E-state index in [0.29, 0.717) is 30.2 Å². The first-order valence-corrected chi connectivity index (χ1v) is 10.2. The van der Waals surface area contributed by atoms with E-state index >= 15 is 0 Å². The third-order valence-corrected chi connectivity index (χ3v) is 4.91. The van der Waals surface area contributed by atoms with Gasteiger partial charge in [-0.05, 0) is 36.5 Å². The quantitative estimate of drug-likeness (QED) is 0.590. The van der Waals surface area contributed by atoms with Crippen LogP contribution in [0.3, 0.4) is 0 Å². The molecule has 0 saturated carbocycles. The number of hydrogen-bond acceptors (Lipinski definition) is 4. The van der Waals surface area contributed by atoms with Crippen molar-refractivity contribution in [2.45, 2.75) is 46.1 Å². The maximum Gasteiger partial charge on any atom is 0.290 e. The van der Waals surface area contributed by atoms with Crippen molar-refractivity contribution in [3.05, 3.63) is 75.7 Å². The van der Waals surface area contributed by atoms with Crippen molar-refractivity contribution in [2.24, 2.45) is 0 Å². The van der Waals surface area contributed by atoms with Crippen LogP contribution in [-0.4, -0.2) is 21.6 Å². The van der Waals surface area contributed by atoms with E-state index in [1.54, 1.807) is 24.3 Å². The van der Waals surface area contributed by atoms with Gasteiger partial charge in [0.05, 0.1) is 5.39 Å². The Morgan fingerprint density at radius 2 is 1.60 bits per heavy atom. The highest BCUT2D eigenvalue weighted by molar-refractivity contribution is 6.05. The van der Waals surface area contributed by atoms with E-state index < -0.39 is 5.91 Å². The van der Waals surface area contributed by atoms with E-state index in [1.807, 2.05) is 19.1 Å². The minimum atomic E-state index is -0.559. The van der Waals surface area contributed by atoms with E-state index in [0.717, 1.165) is 12.0 Å². The zero-order valence-corrected chi connectivity index (χ0v) is 17.3. The van der Waals surface area contributed by atoms with Gasteiger partial charge in [-0.15, -0.1) is 0 Å². The molecule has 2 aromatic carbocycles. The molecular formula is C23H26N4O3. The summed E-state index contributed by atoms with van der Waals surface area (Å²) in [6.07, 6.45) is 2.51. The van der Waals surface area contributed by atoms with Crippen molar-refractivity contribution in [3.63, 3.8) is 0 Å². The fraction of sp³-hybridized carbons (Fsp3) is 0.304. The van der Waals surface area contributed by atoms with Crippen LogP contribution in [0.1, 0.15) is 48.3 Å². The molecule has 0 radical (unpaired) electrons. The number of nitrogens with one attached hydrogen (secondary N) is 2. The lowest BCUT2D eigenvalue weighted by molar-refractivity contribution is -0.121. The molecule has 0 fully saturated rings. The van der Waals surface area contributed by atoms with Gasteiger partial charge in [-0.25, -0.2) is 4.68 Å². The number of rotatable bonds is 7. The number of fused-ring (bicyclic) bond motifs is 1. The van der Waals surface area contributed by atoms with Crippen LogP contribution in [0.15, 0.2) is 53.3 Å². The Hall–Kier alpha value is -3.48. The maximum atomic E-state index is 12.7. The lowest BCUT2D eigenvalue weighted by atomic mass is 10.1. The number of benzene rings is 2. The molecule has 7 nitrogen and oxygen atoms in total. The number of amides is 2. The van der Waals surface area contributed by atoms with Gasteiger partial charge in [0.25, 0.3) is 11.5 Å². The van der Waals surface area contributed by atoms with Gasteiger partial charge in [-0.1, -0.05) is 56.3 Å². The van der Waals surface area contributed by atoms with Crippen LogP contribution in [0.5, 0.6) is 0 Å². The van der Waals surface area contributed by atoms with Crippen molar-refractivity contribution in [1.82, 2.24) is 20.6 Å². The molecule has 2 amide bonds. The lowest BCUT2D eigenvalue weighted by Gasteiger charge is -2.11. The third-order valence-electron chi connectivity index (χ3n) is 4.91. The molecule has 0 aliphatic carbocycles. The van der Waals surface area contributed by atoms with Crippen LogP contribution in [0.25, 0.3) is 10.8 Å². The predicted octanol–water partition coefficient (Wildman–Crippen LogP) is 2.76. The van der Waals surface area contributed by atoms with Gasteiger partial charge in [0.15, 0.2) is 5.69 Å². The zero-order chi connectivity index (χ0) is 21.5. The molecule has 0 aliphatic heterocycles. The smallest absolute Gasteiger partial charge is 0.273 e. The van der Waals surface area contributed by atoms with E-state index in [4.69, 9.17) is 0 Å². The molecule has 30 heavy (non-hydrogen) atoms. The molecule has 7 heteroatoms. The van der Waals surface area contributed by atoms with Gasteiger partial charge >= 0.3 is 0 Å². The average Bonchev–Trinajstić information content (AvgIpc) is 2.78. The van der Waals surface area contributed by atoms with Crippen molar-refractivity contribution < 1.29 is 9.59 Å². The number of hydrogen-bond donors (Lipinski definition) is 2. The zero-order valence-electron chi connectivity index (χ0n) is 17.3. The van der Waals surface area contributed by atoms with Crippen molar-refractivity contribution in [2.75, 3.05) is 0 Å². The first-order chi connectivity index (χ1) is 14.5. The highest BCUT2D eigenvalue weighted by atomic mass is 16.2. The highest BCUT2D eigenvalue weighted by Crippen LogP contribution is 2.13.